The molecule has 0 fully saturated rings. The van der Waals surface area contributed by atoms with E-state index in [-0.39, 0.29) is 17.4 Å². The molecule has 0 spiro atoms. The van der Waals surface area contributed by atoms with Gasteiger partial charge in [-0.2, -0.15) is 0 Å². The molecule has 0 saturated heterocycles. The molecule has 0 aromatic heterocycles. The zero-order chi connectivity index (χ0) is 15.7. The Balaban J connectivity index is 3.28. The lowest BCUT2D eigenvalue weighted by molar-refractivity contribution is 0.315. The van der Waals surface area contributed by atoms with Gasteiger partial charge in [-0.1, -0.05) is 29.8 Å². The molecule has 20 heavy (non-hydrogen) atoms. The van der Waals surface area contributed by atoms with Crippen molar-refractivity contribution < 1.29 is 8.42 Å². The topological polar surface area (TPSA) is 72.2 Å². The molecule has 0 aliphatic carbocycles. The summed E-state index contributed by atoms with van der Waals surface area (Å²) in [6.07, 6.45) is 0. The normalized spacial score (nSPS) is 15.4. The standard InChI is InChI=1S/C13H20Br2N2O2S/c1-8(2)13(4,7-16)17-20(18,19)12-6-10(14)9(3)5-11(12)15/h5-6,8,17H,7,16H2,1-4H3. The number of benzene rings is 1. The second-order valence-electron chi connectivity index (χ2n) is 5.41. The van der Waals surface area contributed by atoms with Crippen LogP contribution in [0.3, 0.4) is 0 Å². The van der Waals surface area contributed by atoms with Gasteiger partial charge in [-0.3, -0.25) is 0 Å². The molecule has 0 saturated carbocycles. The summed E-state index contributed by atoms with van der Waals surface area (Å²) in [6.45, 7) is 7.82. The quantitative estimate of drug-likeness (QED) is 0.757. The predicted octanol–water partition coefficient (Wildman–Crippen LogP) is 3.17. The zero-order valence-electron chi connectivity index (χ0n) is 12.0. The average Bonchev–Trinajstić information content (AvgIpc) is 2.32. The van der Waals surface area contributed by atoms with Gasteiger partial charge in [0, 0.05) is 21.0 Å². The molecule has 1 aromatic rings. The molecule has 0 bridgehead atoms. The second kappa shape index (κ2) is 6.44. The van der Waals surface area contributed by atoms with Crippen LogP contribution in [0.25, 0.3) is 0 Å². The van der Waals surface area contributed by atoms with E-state index in [1.54, 1.807) is 12.1 Å². The van der Waals surface area contributed by atoms with Crippen molar-refractivity contribution in [3.8, 4) is 0 Å². The maximum absolute atomic E-state index is 12.6. The van der Waals surface area contributed by atoms with Crippen molar-refractivity contribution in [2.45, 2.75) is 38.1 Å². The van der Waals surface area contributed by atoms with E-state index in [0.717, 1.165) is 10.0 Å². The molecule has 0 radical (unpaired) electrons. The van der Waals surface area contributed by atoms with Gasteiger partial charge in [0.1, 0.15) is 0 Å². The summed E-state index contributed by atoms with van der Waals surface area (Å²) in [5.41, 5.74) is 6.01. The number of halogens is 2. The highest BCUT2D eigenvalue weighted by Crippen LogP contribution is 2.30. The Labute approximate surface area is 137 Å². The maximum atomic E-state index is 12.6. The molecule has 0 aliphatic rings. The molecule has 1 rings (SSSR count). The minimum Gasteiger partial charge on any atom is -0.329 e. The average molecular weight is 428 g/mol. The van der Waals surface area contributed by atoms with E-state index < -0.39 is 15.6 Å². The first-order valence-corrected chi connectivity index (χ1v) is 9.30. The Morgan fingerprint density at radius 3 is 2.30 bits per heavy atom. The van der Waals surface area contributed by atoms with Crippen molar-refractivity contribution in [2.24, 2.45) is 11.7 Å². The molecule has 114 valence electrons. The SMILES string of the molecule is Cc1cc(Br)c(S(=O)(=O)NC(C)(CN)C(C)C)cc1Br. The highest BCUT2D eigenvalue weighted by molar-refractivity contribution is 9.11. The minimum atomic E-state index is -3.65. The summed E-state index contributed by atoms with van der Waals surface area (Å²) in [5.74, 6) is 0.0786. The number of aryl methyl sites for hydroxylation is 1. The van der Waals surface area contributed by atoms with Crippen molar-refractivity contribution in [3.63, 3.8) is 0 Å². The Hall–Kier alpha value is 0.0500. The van der Waals surface area contributed by atoms with Crippen LogP contribution in [0.15, 0.2) is 26.0 Å². The van der Waals surface area contributed by atoms with Gasteiger partial charge in [0.2, 0.25) is 10.0 Å². The number of hydrogen-bond acceptors (Lipinski definition) is 3. The van der Waals surface area contributed by atoms with Crippen LogP contribution >= 0.6 is 31.9 Å². The lowest BCUT2D eigenvalue weighted by Crippen LogP contribution is -2.54. The van der Waals surface area contributed by atoms with Gasteiger partial charge in [0.15, 0.2) is 0 Å². The summed E-state index contributed by atoms with van der Waals surface area (Å²) < 4.78 is 29.2. The third kappa shape index (κ3) is 3.82. The first kappa shape index (κ1) is 18.1. The van der Waals surface area contributed by atoms with Gasteiger partial charge in [0.05, 0.1) is 4.90 Å². The van der Waals surface area contributed by atoms with Crippen LogP contribution in [0.5, 0.6) is 0 Å². The smallest absolute Gasteiger partial charge is 0.242 e. The van der Waals surface area contributed by atoms with Crippen LogP contribution < -0.4 is 10.5 Å². The fourth-order valence-electron chi connectivity index (χ4n) is 1.59. The molecule has 1 unspecified atom stereocenters. The predicted molar refractivity (Wildman–Crippen MR) is 89.2 cm³/mol. The third-order valence-corrected chi connectivity index (χ3v) is 6.99. The zero-order valence-corrected chi connectivity index (χ0v) is 16.0. The third-order valence-electron chi connectivity index (χ3n) is 3.57. The number of hydrogen-bond donors (Lipinski definition) is 2. The summed E-state index contributed by atoms with van der Waals surface area (Å²) in [4.78, 5) is 0.204. The van der Waals surface area contributed by atoms with E-state index in [0.29, 0.717) is 4.47 Å². The summed E-state index contributed by atoms with van der Waals surface area (Å²) in [7, 11) is -3.65. The van der Waals surface area contributed by atoms with Crippen LogP contribution in [0.4, 0.5) is 0 Å². The van der Waals surface area contributed by atoms with Crippen molar-refractivity contribution in [2.75, 3.05) is 6.54 Å². The van der Waals surface area contributed by atoms with Gasteiger partial charge in [-0.25, -0.2) is 13.1 Å². The Bertz CT molecular complexity index is 603. The Morgan fingerprint density at radius 1 is 1.30 bits per heavy atom. The monoisotopic (exact) mass is 426 g/mol. The highest BCUT2D eigenvalue weighted by atomic mass is 79.9. The summed E-state index contributed by atoms with van der Waals surface area (Å²) in [6, 6.07) is 3.37. The van der Waals surface area contributed by atoms with Crippen molar-refractivity contribution in [1.82, 2.24) is 4.72 Å². The van der Waals surface area contributed by atoms with E-state index in [1.807, 2.05) is 27.7 Å². The minimum absolute atomic E-state index is 0.0786. The first-order valence-electron chi connectivity index (χ1n) is 6.23. The van der Waals surface area contributed by atoms with Crippen molar-refractivity contribution in [3.05, 3.63) is 26.6 Å². The van der Waals surface area contributed by atoms with Gasteiger partial charge in [-0.15, -0.1) is 0 Å². The van der Waals surface area contributed by atoms with Crippen LogP contribution in [0, 0.1) is 12.8 Å². The van der Waals surface area contributed by atoms with Crippen LogP contribution in [0.1, 0.15) is 26.3 Å². The largest absolute Gasteiger partial charge is 0.329 e. The van der Waals surface area contributed by atoms with E-state index in [1.165, 1.54) is 0 Å². The van der Waals surface area contributed by atoms with E-state index in [4.69, 9.17) is 5.73 Å². The molecule has 1 aromatic carbocycles. The Morgan fingerprint density at radius 2 is 1.85 bits per heavy atom. The second-order valence-corrected chi connectivity index (χ2v) is 8.77. The maximum Gasteiger partial charge on any atom is 0.242 e. The van der Waals surface area contributed by atoms with Gasteiger partial charge < -0.3 is 5.73 Å². The van der Waals surface area contributed by atoms with Crippen LogP contribution in [-0.4, -0.2) is 20.5 Å². The lowest BCUT2D eigenvalue weighted by Gasteiger charge is -2.33. The van der Waals surface area contributed by atoms with E-state index >= 15 is 0 Å². The molecule has 0 aliphatic heterocycles. The Kier molecular flexibility index (Phi) is 5.83. The molecule has 4 nitrogen and oxygen atoms in total. The number of rotatable bonds is 5. The highest BCUT2D eigenvalue weighted by Gasteiger charge is 2.33. The van der Waals surface area contributed by atoms with E-state index in [9.17, 15) is 8.42 Å². The van der Waals surface area contributed by atoms with Crippen LogP contribution in [-0.2, 0) is 10.0 Å². The van der Waals surface area contributed by atoms with Gasteiger partial charge in [0.25, 0.3) is 0 Å². The molecule has 3 N–H and O–H groups in total. The van der Waals surface area contributed by atoms with Gasteiger partial charge in [-0.05, 0) is 53.4 Å². The molecule has 7 heteroatoms. The van der Waals surface area contributed by atoms with Crippen molar-refractivity contribution >= 4 is 41.9 Å². The first-order chi connectivity index (χ1) is 9.03. The number of nitrogens with one attached hydrogen (secondary N) is 1. The van der Waals surface area contributed by atoms with E-state index in [2.05, 4.69) is 36.6 Å². The molecule has 1 atom stereocenters. The fourth-order valence-corrected chi connectivity index (χ4v) is 4.81. The molecule has 0 amide bonds. The fraction of sp³-hybridized carbons (Fsp3) is 0.538. The van der Waals surface area contributed by atoms with Gasteiger partial charge >= 0.3 is 0 Å². The number of sulfonamides is 1. The molecular weight excluding hydrogens is 408 g/mol. The summed E-state index contributed by atoms with van der Waals surface area (Å²) >= 11 is 6.67. The molecular formula is C13H20Br2N2O2S. The number of nitrogens with two attached hydrogens (primary N) is 1. The molecule has 0 heterocycles. The van der Waals surface area contributed by atoms with Crippen molar-refractivity contribution in [1.29, 1.82) is 0 Å². The lowest BCUT2D eigenvalue weighted by atomic mass is 9.90. The van der Waals surface area contributed by atoms with Crippen LogP contribution in [0.2, 0.25) is 0 Å². The summed E-state index contributed by atoms with van der Waals surface area (Å²) in [5, 5.41) is 0.